The molecule has 0 atom stereocenters. The number of hydrogen-bond donors (Lipinski definition) is 1. The lowest BCUT2D eigenvalue weighted by molar-refractivity contribution is 0.0450. The molecule has 0 fully saturated rings. The maximum atomic E-state index is 12.4. The number of hydrogen-bond acceptors (Lipinski definition) is 4. The van der Waals surface area contributed by atoms with E-state index >= 15 is 0 Å². The summed E-state index contributed by atoms with van der Waals surface area (Å²) in [6.45, 7) is 5.17. The van der Waals surface area contributed by atoms with Crippen LogP contribution >= 0.6 is 0 Å². The van der Waals surface area contributed by atoms with Gasteiger partial charge in [0.15, 0.2) is 0 Å². The number of benzene rings is 2. The first-order chi connectivity index (χ1) is 18.2. The third-order valence-electron chi connectivity index (χ3n) is 6.29. The van der Waals surface area contributed by atoms with E-state index in [0.29, 0.717) is 24.3 Å². The van der Waals surface area contributed by atoms with Crippen molar-refractivity contribution in [2.45, 2.75) is 90.9 Å². The summed E-state index contributed by atoms with van der Waals surface area (Å²) < 4.78 is 10.7. The average molecular weight is 508 g/mol. The molecule has 0 aliphatic carbocycles. The number of unbranched alkanes of at least 4 members (excludes halogenated alkanes) is 10. The molecule has 0 unspecified atom stereocenters. The van der Waals surface area contributed by atoms with Crippen LogP contribution < -0.4 is 0 Å². The fourth-order valence-corrected chi connectivity index (χ4v) is 4.08. The van der Waals surface area contributed by atoms with Crippen LogP contribution in [0, 0.1) is 0 Å². The minimum Gasteiger partial charge on any atom is -0.462 e. The molecule has 1 aromatic heterocycles. The van der Waals surface area contributed by atoms with E-state index in [1.54, 1.807) is 24.3 Å². The minimum atomic E-state index is -0.444. The number of nitrogens with one attached hydrogen (secondary N) is 1. The van der Waals surface area contributed by atoms with Crippen molar-refractivity contribution < 1.29 is 19.1 Å². The van der Waals surface area contributed by atoms with Crippen molar-refractivity contribution in [1.29, 1.82) is 0 Å². The molecule has 0 bridgehead atoms. The van der Waals surface area contributed by atoms with Crippen molar-refractivity contribution in [3.8, 4) is 0 Å². The molecule has 0 radical (unpaired) electrons. The summed E-state index contributed by atoms with van der Waals surface area (Å²) in [4.78, 5) is 27.8. The molecule has 3 aromatic rings. The zero-order valence-corrected chi connectivity index (χ0v) is 22.8. The molecule has 0 amide bonds. The van der Waals surface area contributed by atoms with Crippen LogP contribution in [0.3, 0.4) is 0 Å². The second kappa shape index (κ2) is 19.1. The van der Waals surface area contributed by atoms with Gasteiger partial charge in [-0.25, -0.2) is 9.59 Å². The highest BCUT2D eigenvalue weighted by molar-refractivity contribution is 6.03. The number of carbonyl (C=O) groups is 2. The van der Waals surface area contributed by atoms with Crippen LogP contribution in [-0.2, 0) is 9.47 Å². The summed E-state index contributed by atoms with van der Waals surface area (Å²) in [5.41, 5.74) is 1.79. The Bertz CT molecular complexity index is 947. The Morgan fingerprint density at radius 3 is 1.57 bits per heavy atom. The monoisotopic (exact) mass is 507 g/mol. The number of carbonyl (C=O) groups excluding carboxylic acids is 2. The highest BCUT2D eigenvalue weighted by Crippen LogP contribution is 2.14. The summed E-state index contributed by atoms with van der Waals surface area (Å²) in [7, 11) is 0. The van der Waals surface area contributed by atoms with Crippen LogP contribution in [-0.4, -0.2) is 30.1 Å². The Kier molecular flexibility index (Phi) is 15.6. The van der Waals surface area contributed by atoms with E-state index in [1.807, 2.05) is 18.3 Å². The molecule has 3 rings (SSSR count). The first kappa shape index (κ1) is 30.1. The smallest absolute Gasteiger partial charge is 0.339 e. The standard InChI is InChI=1S/C24H38O4.C8H7N/c1-3-5-7-9-11-15-19-27-23(25)21-17-13-14-18-22(21)24(26)28-20-16-12-10-8-6-4-2;1-2-4-8-7(3-1)5-6-9-8/h13-14,17-18H,3-12,15-16,19-20H2,1-2H3;1-6,9H. The van der Waals surface area contributed by atoms with Crippen molar-refractivity contribution in [3.63, 3.8) is 0 Å². The lowest BCUT2D eigenvalue weighted by Crippen LogP contribution is -2.15. The van der Waals surface area contributed by atoms with Crippen LogP contribution in [0.15, 0.2) is 60.8 Å². The zero-order chi connectivity index (χ0) is 26.6. The number of aromatic amines is 1. The van der Waals surface area contributed by atoms with Crippen LogP contribution in [0.25, 0.3) is 10.9 Å². The number of fused-ring (bicyclic) bond motifs is 1. The van der Waals surface area contributed by atoms with Crippen molar-refractivity contribution >= 4 is 22.8 Å². The van der Waals surface area contributed by atoms with Gasteiger partial charge in [-0.3, -0.25) is 0 Å². The molecule has 0 spiro atoms. The zero-order valence-electron chi connectivity index (χ0n) is 22.8. The van der Waals surface area contributed by atoms with E-state index in [0.717, 1.165) is 25.7 Å². The minimum absolute atomic E-state index is 0.293. The predicted molar refractivity (Wildman–Crippen MR) is 152 cm³/mol. The molecule has 202 valence electrons. The van der Waals surface area contributed by atoms with Gasteiger partial charge in [0.2, 0.25) is 0 Å². The Morgan fingerprint density at radius 2 is 1.05 bits per heavy atom. The van der Waals surface area contributed by atoms with E-state index in [4.69, 9.17) is 9.47 Å². The normalized spacial score (nSPS) is 10.5. The van der Waals surface area contributed by atoms with E-state index in [1.165, 1.54) is 62.3 Å². The summed E-state index contributed by atoms with van der Waals surface area (Å²) >= 11 is 0. The maximum Gasteiger partial charge on any atom is 0.339 e. The highest BCUT2D eigenvalue weighted by Gasteiger charge is 2.18. The predicted octanol–water partition coefficient (Wildman–Crippen LogP) is 8.89. The van der Waals surface area contributed by atoms with Crippen molar-refractivity contribution in [1.82, 2.24) is 4.98 Å². The van der Waals surface area contributed by atoms with Crippen molar-refractivity contribution in [3.05, 3.63) is 71.9 Å². The van der Waals surface area contributed by atoms with Gasteiger partial charge < -0.3 is 14.5 Å². The molecule has 5 nitrogen and oxygen atoms in total. The van der Waals surface area contributed by atoms with E-state index in [9.17, 15) is 9.59 Å². The Labute approximate surface area is 223 Å². The fourth-order valence-electron chi connectivity index (χ4n) is 4.08. The Morgan fingerprint density at radius 1 is 0.595 bits per heavy atom. The SMILES string of the molecule is CCCCCCCCOC(=O)c1ccccc1C(=O)OCCCCCCCC.c1ccc2[nH]ccc2c1. The van der Waals surface area contributed by atoms with E-state index in [2.05, 4.69) is 37.0 Å². The highest BCUT2D eigenvalue weighted by atomic mass is 16.5. The fraction of sp³-hybridized carbons (Fsp3) is 0.500. The lowest BCUT2D eigenvalue weighted by Gasteiger charge is -2.10. The Hall–Kier alpha value is -3.08. The van der Waals surface area contributed by atoms with Crippen molar-refractivity contribution in [2.24, 2.45) is 0 Å². The second-order valence-corrected chi connectivity index (χ2v) is 9.42. The largest absolute Gasteiger partial charge is 0.462 e. The number of rotatable bonds is 16. The molecule has 0 aliphatic rings. The number of esters is 2. The molecule has 37 heavy (non-hydrogen) atoms. The third-order valence-corrected chi connectivity index (χ3v) is 6.29. The van der Waals surface area contributed by atoms with Gasteiger partial charge in [0.25, 0.3) is 0 Å². The summed E-state index contributed by atoms with van der Waals surface area (Å²) in [6, 6.07) is 17.0. The van der Waals surface area contributed by atoms with Gasteiger partial charge in [-0.15, -0.1) is 0 Å². The first-order valence-corrected chi connectivity index (χ1v) is 14.1. The quantitative estimate of drug-likeness (QED) is 0.155. The van der Waals surface area contributed by atoms with E-state index in [-0.39, 0.29) is 0 Å². The molecular weight excluding hydrogens is 462 g/mol. The van der Waals surface area contributed by atoms with Gasteiger partial charge >= 0.3 is 11.9 Å². The lowest BCUT2D eigenvalue weighted by atomic mass is 10.1. The van der Waals surface area contributed by atoms with Gasteiger partial charge in [0, 0.05) is 11.7 Å². The molecule has 5 heteroatoms. The van der Waals surface area contributed by atoms with Crippen LogP contribution in [0.4, 0.5) is 0 Å². The summed E-state index contributed by atoms with van der Waals surface area (Å²) in [6.07, 6.45) is 15.6. The topological polar surface area (TPSA) is 68.4 Å². The van der Waals surface area contributed by atoms with Crippen LogP contribution in [0.2, 0.25) is 0 Å². The molecule has 1 N–H and O–H groups in total. The third kappa shape index (κ3) is 12.1. The second-order valence-electron chi connectivity index (χ2n) is 9.42. The Balaban J connectivity index is 0.000000439. The maximum absolute atomic E-state index is 12.4. The van der Waals surface area contributed by atoms with Crippen molar-refractivity contribution in [2.75, 3.05) is 13.2 Å². The number of para-hydroxylation sites is 1. The van der Waals surface area contributed by atoms with Crippen LogP contribution in [0.1, 0.15) is 112 Å². The van der Waals surface area contributed by atoms with Gasteiger partial charge in [0.05, 0.1) is 24.3 Å². The molecular formula is C32H45NO4. The number of aromatic nitrogens is 1. The number of H-pyrrole nitrogens is 1. The van der Waals surface area contributed by atoms with Gasteiger partial charge in [-0.2, -0.15) is 0 Å². The molecule has 0 saturated carbocycles. The molecule has 2 aromatic carbocycles. The van der Waals surface area contributed by atoms with Crippen LogP contribution in [0.5, 0.6) is 0 Å². The molecule has 1 heterocycles. The van der Waals surface area contributed by atoms with Gasteiger partial charge in [0.1, 0.15) is 0 Å². The number of ether oxygens (including phenoxy) is 2. The molecule has 0 saturated heterocycles. The first-order valence-electron chi connectivity index (χ1n) is 14.1. The van der Waals surface area contributed by atoms with E-state index < -0.39 is 11.9 Å². The van der Waals surface area contributed by atoms with Gasteiger partial charge in [-0.05, 0) is 42.5 Å². The summed E-state index contributed by atoms with van der Waals surface area (Å²) in [5.74, 6) is -0.888. The molecule has 0 aliphatic heterocycles. The van der Waals surface area contributed by atoms with Gasteiger partial charge in [-0.1, -0.05) is 108 Å². The summed E-state index contributed by atoms with van der Waals surface area (Å²) in [5, 5.41) is 1.28. The average Bonchev–Trinajstić information content (AvgIpc) is 3.41.